The molecular formula is C14H16ClNO4. The fourth-order valence-electron chi connectivity index (χ4n) is 2.65. The summed E-state index contributed by atoms with van der Waals surface area (Å²) >= 11 is 6.41. The first-order chi connectivity index (χ1) is 9.66. The van der Waals surface area contributed by atoms with Gasteiger partial charge in [0.1, 0.15) is 0 Å². The summed E-state index contributed by atoms with van der Waals surface area (Å²) in [5, 5.41) is 12.8. The monoisotopic (exact) mass is 297 g/mol. The largest absolute Gasteiger partial charge is 0.490 e. The maximum Gasteiger partial charge on any atom is 0.307 e. The number of benzene rings is 1. The van der Waals surface area contributed by atoms with Gasteiger partial charge in [0, 0.05) is 19.0 Å². The molecular weight excluding hydrogens is 282 g/mol. The van der Waals surface area contributed by atoms with Crippen molar-refractivity contribution < 1.29 is 19.4 Å². The van der Waals surface area contributed by atoms with Gasteiger partial charge in [0.15, 0.2) is 11.5 Å². The van der Waals surface area contributed by atoms with E-state index in [1.54, 1.807) is 0 Å². The lowest BCUT2D eigenvalue weighted by Gasteiger charge is -2.17. The highest BCUT2D eigenvalue weighted by Gasteiger charge is 2.32. The van der Waals surface area contributed by atoms with Gasteiger partial charge in [-0.2, -0.15) is 0 Å². The quantitative estimate of drug-likeness (QED) is 0.876. The summed E-state index contributed by atoms with van der Waals surface area (Å²) in [6, 6.07) is 3.68. The Morgan fingerprint density at radius 2 is 2.15 bits per heavy atom. The Bertz CT molecular complexity index is 534. The number of rotatable bonds is 2. The Morgan fingerprint density at radius 3 is 2.90 bits per heavy atom. The summed E-state index contributed by atoms with van der Waals surface area (Å²) in [7, 11) is 0. The van der Waals surface area contributed by atoms with Crippen molar-refractivity contribution in [2.45, 2.75) is 18.9 Å². The van der Waals surface area contributed by atoms with Crippen molar-refractivity contribution in [3.63, 3.8) is 0 Å². The third-order valence-corrected chi connectivity index (χ3v) is 4.13. The zero-order valence-corrected chi connectivity index (χ0v) is 11.7. The van der Waals surface area contributed by atoms with E-state index in [1.165, 1.54) is 0 Å². The van der Waals surface area contributed by atoms with E-state index in [2.05, 4.69) is 5.32 Å². The van der Waals surface area contributed by atoms with Gasteiger partial charge < -0.3 is 19.9 Å². The van der Waals surface area contributed by atoms with Gasteiger partial charge in [-0.3, -0.25) is 4.79 Å². The van der Waals surface area contributed by atoms with Crippen molar-refractivity contribution in [1.29, 1.82) is 0 Å². The van der Waals surface area contributed by atoms with Gasteiger partial charge in [-0.15, -0.1) is 0 Å². The fraction of sp³-hybridized carbons (Fsp3) is 0.500. The number of fused-ring (bicyclic) bond motifs is 1. The SMILES string of the molecule is O=C(O)C1CNC(c2ccc3c(c2Cl)OCCCO3)C1. The molecule has 0 amide bonds. The maximum absolute atomic E-state index is 11.0. The van der Waals surface area contributed by atoms with E-state index in [9.17, 15) is 4.79 Å². The third kappa shape index (κ3) is 2.43. The molecule has 0 radical (unpaired) electrons. The standard InChI is InChI=1S/C14H16ClNO4/c15-12-9(10-6-8(7-16-10)14(17)18)2-3-11-13(12)20-5-1-4-19-11/h2-3,8,10,16H,1,4-7H2,(H,17,18). The van der Waals surface area contributed by atoms with Crippen molar-refractivity contribution >= 4 is 17.6 Å². The summed E-state index contributed by atoms with van der Waals surface area (Å²) in [5.41, 5.74) is 0.875. The molecule has 1 aromatic carbocycles. The minimum atomic E-state index is -0.773. The highest BCUT2D eigenvalue weighted by Crippen LogP contribution is 2.43. The van der Waals surface area contributed by atoms with E-state index in [1.807, 2.05) is 12.1 Å². The molecule has 0 aliphatic carbocycles. The average Bonchev–Trinajstić information content (AvgIpc) is 2.78. The van der Waals surface area contributed by atoms with E-state index in [4.69, 9.17) is 26.2 Å². The van der Waals surface area contributed by atoms with E-state index in [0.29, 0.717) is 42.7 Å². The summed E-state index contributed by atoms with van der Waals surface area (Å²) in [4.78, 5) is 11.0. The minimum absolute atomic E-state index is 0.0549. The first-order valence-electron chi connectivity index (χ1n) is 6.71. The van der Waals surface area contributed by atoms with E-state index < -0.39 is 5.97 Å². The molecule has 0 saturated carbocycles. The number of aliphatic carboxylic acids is 1. The second-order valence-electron chi connectivity index (χ2n) is 5.08. The predicted molar refractivity (Wildman–Crippen MR) is 73.5 cm³/mol. The van der Waals surface area contributed by atoms with E-state index >= 15 is 0 Å². The molecule has 5 nitrogen and oxygen atoms in total. The van der Waals surface area contributed by atoms with Gasteiger partial charge in [-0.1, -0.05) is 17.7 Å². The van der Waals surface area contributed by atoms with Gasteiger partial charge in [-0.05, 0) is 18.1 Å². The number of carboxylic acid groups (broad SMARTS) is 1. The number of halogens is 1. The predicted octanol–water partition coefficient (Wildman–Crippen LogP) is 2.24. The number of ether oxygens (including phenoxy) is 2. The maximum atomic E-state index is 11.0. The molecule has 2 N–H and O–H groups in total. The van der Waals surface area contributed by atoms with Gasteiger partial charge in [0.05, 0.1) is 24.2 Å². The molecule has 2 unspecified atom stereocenters. The molecule has 1 aromatic rings. The number of nitrogens with one attached hydrogen (secondary N) is 1. The Kier molecular flexibility index (Phi) is 3.72. The van der Waals surface area contributed by atoms with Crippen molar-refractivity contribution in [2.24, 2.45) is 5.92 Å². The molecule has 2 atom stereocenters. The van der Waals surface area contributed by atoms with Crippen LogP contribution >= 0.6 is 11.6 Å². The third-order valence-electron chi connectivity index (χ3n) is 3.74. The molecule has 1 fully saturated rings. The van der Waals surface area contributed by atoms with Crippen LogP contribution in [0.5, 0.6) is 11.5 Å². The summed E-state index contributed by atoms with van der Waals surface area (Å²) in [6.07, 6.45) is 1.36. The fourth-order valence-corrected chi connectivity index (χ4v) is 2.99. The lowest BCUT2D eigenvalue weighted by atomic mass is 9.99. The van der Waals surface area contributed by atoms with Crippen LogP contribution in [0, 0.1) is 5.92 Å². The van der Waals surface area contributed by atoms with E-state index in [-0.39, 0.29) is 12.0 Å². The molecule has 6 heteroatoms. The minimum Gasteiger partial charge on any atom is -0.490 e. The van der Waals surface area contributed by atoms with Gasteiger partial charge in [-0.25, -0.2) is 0 Å². The summed E-state index contributed by atoms with van der Waals surface area (Å²) < 4.78 is 11.2. The number of carbonyl (C=O) groups is 1. The topological polar surface area (TPSA) is 67.8 Å². The molecule has 1 saturated heterocycles. The van der Waals surface area contributed by atoms with Crippen LogP contribution in [0.15, 0.2) is 12.1 Å². The Hall–Kier alpha value is -1.46. The van der Waals surface area contributed by atoms with Crippen molar-refractivity contribution in [3.05, 3.63) is 22.7 Å². The van der Waals surface area contributed by atoms with Gasteiger partial charge in [0.2, 0.25) is 0 Å². The Labute approximate surface area is 121 Å². The molecule has 108 valence electrons. The van der Waals surface area contributed by atoms with Crippen LogP contribution in [0.3, 0.4) is 0 Å². The van der Waals surface area contributed by atoms with Crippen LogP contribution in [0.4, 0.5) is 0 Å². The number of hydrogen-bond donors (Lipinski definition) is 2. The lowest BCUT2D eigenvalue weighted by molar-refractivity contribution is -0.141. The van der Waals surface area contributed by atoms with Gasteiger partial charge in [0.25, 0.3) is 0 Å². The Balaban J connectivity index is 1.88. The van der Waals surface area contributed by atoms with Crippen LogP contribution in [0.2, 0.25) is 5.02 Å². The van der Waals surface area contributed by atoms with Crippen molar-refractivity contribution in [3.8, 4) is 11.5 Å². The normalized spacial score (nSPS) is 25.2. The molecule has 20 heavy (non-hydrogen) atoms. The van der Waals surface area contributed by atoms with Crippen LogP contribution in [0.25, 0.3) is 0 Å². The Morgan fingerprint density at radius 1 is 1.35 bits per heavy atom. The highest BCUT2D eigenvalue weighted by molar-refractivity contribution is 6.33. The zero-order valence-electron chi connectivity index (χ0n) is 10.9. The van der Waals surface area contributed by atoms with Gasteiger partial charge >= 0.3 is 5.97 Å². The first-order valence-corrected chi connectivity index (χ1v) is 7.09. The highest BCUT2D eigenvalue weighted by atomic mass is 35.5. The first kappa shape index (κ1) is 13.5. The van der Waals surface area contributed by atoms with E-state index in [0.717, 1.165) is 12.0 Å². The number of carboxylic acids is 1. The van der Waals surface area contributed by atoms with Crippen LogP contribution in [-0.4, -0.2) is 30.8 Å². The molecule has 2 heterocycles. The zero-order chi connectivity index (χ0) is 14.1. The molecule has 0 aromatic heterocycles. The van der Waals surface area contributed by atoms with Crippen molar-refractivity contribution in [1.82, 2.24) is 5.32 Å². The van der Waals surface area contributed by atoms with Crippen molar-refractivity contribution in [2.75, 3.05) is 19.8 Å². The second-order valence-corrected chi connectivity index (χ2v) is 5.46. The molecule has 2 aliphatic heterocycles. The van der Waals surface area contributed by atoms with Crippen LogP contribution in [0.1, 0.15) is 24.4 Å². The summed E-state index contributed by atoms with van der Waals surface area (Å²) in [6.45, 7) is 1.65. The van der Waals surface area contributed by atoms with Crippen LogP contribution < -0.4 is 14.8 Å². The molecule has 0 bridgehead atoms. The molecule has 3 rings (SSSR count). The summed E-state index contributed by atoms with van der Waals surface area (Å²) in [5.74, 6) is 0.0868. The smallest absolute Gasteiger partial charge is 0.307 e. The van der Waals surface area contributed by atoms with Crippen LogP contribution in [-0.2, 0) is 4.79 Å². The second kappa shape index (κ2) is 5.50. The number of hydrogen-bond acceptors (Lipinski definition) is 4. The average molecular weight is 298 g/mol. The lowest BCUT2D eigenvalue weighted by Crippen LogP contribution is -2.17. The molecule has 0 spiro atoms. The molecule has 2 aliphatic rings.